The molecule has 0 fully saturated rings. The van der Waals surface area contributed by atoms with Gasteiger partial charge in [-0.15, -0.1) is 0 Å². The van der Waals surface area contributed by atoms with Crippen LogP contribution in [-0.4, -0.2) is 224 Å². The lowest BCUT2D eigenvalue weighted by Gasteiger charge is -2.29. The summed E-state index contributed by atoms with van der Waals surface area (Å²) in [5, 5.41) is 13.5. The van der Waals surface area contributed by atoms with Gasteiger partial charge in [-0.1, -0.05) is 0 Å². The first-order chi connectivity index (χ1) is 34.2. The predicted octanol–water partition coefficient (Wildman–Crippen LogP) is 5.22. The molecular weight excluding hydrogens is 1030 g/mol. The van der Waals surface area contributed by atoms with Crippen molar-refractivity contribution in [1.29, 1.82) is 0 Å². The zero-order valence-electron chi connectivity index (χ0n) is 48.0. The Morgan fingerprint density at radius 1 is 0.225 bits per heavy atom. The first-order valence-electron chi connectivity index (χ1n) is 25.5. The summed E-state index contributed by atoms with van der Waals surface area (Å²) in [5.41, 5.74) is 0. The van der Waals surface area contributed by atoms with E-state index in [1.165, 1.54) is 0 Å². The molecule has 0 aromatic heterocycles. The zero-order chi connectivity index (χ0) is 54.2. The Morgan fingerprint density at radius 3 is 0.535 bits per heavy atom. The van der Waals surface area contributed by atoms with E-state index in [4.69, 9.17) is 79.7 Å². The molecular formula is C43H108N4O18Si6. The highest BCUT2D eigenvalue weighted by molar-refractivity contribution is 6.62. The molecule has 28 heteroatoms. The quantitative estimate of drug-likeness (QED) is 0.0349. The Balaban J connectivity index is -0.000000985. The molecule has 0 rings (SSSR count). The van der Waals surface area contributed by atoms with Crippen LogP contribution in [0.2, 0.25) is 36.3 Å². The second kappa shape index (κ2) is 48.8. The average Bonchev–Trinajstić information content (AvgIpc) is 3.39. The van der Waals surface area contributed by atoms with Crippen LogP contribution in [0.15, 0.2) is 0 Å². The summed E-state index contributed by atoms with van der Waals surface area (Å²) >= 11 is 0. The standard InChI is InChI=1S/C18H43NO6Si2.C13H34N2O6Si2.C12H31NO6Si2/c1-7-20-26(21-8-2,22-9-3)17-13-15-19-16-14-18-27(23-10-4,24-11-5)25-12-6;1-16-22(17-2,18-3)11-7-9-14-13-15-10-8-12-23(19-4,20-5)21-6;1-14-20(15-2,16-3)11-7-9-13-10-8-12-21(17-4,18-5)19-6/h19H,7-18H2,1-6H3;14-15H,7-13H2,1-6H3;13H,7-12H2,1-6H3. The lowest BCUT2D eigenvalue weighted by Crippen LogP contribution is -2.46. The molecule has 0 aliphatic heterocycles. The van der Waals surface area contributed by atoms with E-state index in [0.29, 0.717) is 39.6 Å². The maximum atomic E-state index is 5.89. The third kappa shape index (κ3) is 34.0. The Morgan fingerprint density at radius 2 is 0.380 bits per heavy atom. The van der Waals surface area contributed by atoms with Crippen LogP contribution in [0.4, 0.5) is 0 Å². The van der Waals surface area contributed by atoms with Crippen molar-refractivity contribution in [3.05, 3.63) is 0 Å². The Hall–Kier alpha value is 0.421. The minimum absolute atomic E-state index is 0.624. The molecule has 0 spiro atoms. The summed E-state index contributed by atoms with van der Waals surface area (Å²) < 4.78 is 99.8. The van der Waals surface area contributed by atoms with E-state index < -0.39 is 52.8 Å². The smallest absolute Gasteiger partial charge is 0.377 e. The van der Waals surface area contributed by atoms with Gasteiger partial charge in [-0.05, 0) is 119 Å². The third-order valence-corrected chi connectivity index (χ3v) is 28.8. The molecule has 0 aromatic carbocycles. The van der Waals surface area contributed by atoms with Crippen LogP contribution in [0.1, 0.15) is 80.1 Å². The molecule has 4 N–H and O–H groups in total. The fourth-order valence-corrected chi connectivity index (χ4v) is 19.4. The minimum atomic E-state index is -2.52. The maximum absolute atomic E-state index is 5.89. The van der Waals surface area contributed by atoms with Crippen LogP contribution in [0, 0.1) is 0 Å². The van der Waals surface area contributed by atoms with E-state index in [0.717, 1.165) is 121 Å². The van der Waals surface area contributed by atoms with Gasteiger partial charge in [0.25, 0.3) is 0 Å². The van der Waals surface area contributed by atoms with Gasteiger partial charge in [0.2, 0.25) is 0 Å². The van der Waals surface area contributed by atoms with Crippen molar-refractivity contribution >= 4 is 52.8 Å². The largest absolute Gasteiger partial charge is 0.500 e. The van der Waals surface area contributed by atoms with E-state index in [2.05, 4.69) is 21.3 Å². The summed E-state index contributed by atoms with van der Waals surface area (Å²) in [7, 11) is 4.88. The topological polar surface area (TPSA) is 214 Å². The first kappa shape index (κ1) is 75.7. The number of rotatable bonds is 50. The van der Waals surface area contributed by atoms with Gasteiger partial charge < -0.3 is 101 Å². The molecule has 0 saturated heterocycles. The summed E-state index contributed by atoms with van der Waals surface area (Å²) in [4.78, 5) is 0. The summed E-state index contributed by atoms with van der Waals surface area (Å²) in [6.45, 7) is 21.8. The average molecular weight is 1140 g/mol. The number of nitrogens with one attached hydrogen (secondary N) is 4. The second-order valence-corrected chi connectivity index (χ2v) is 33.3. The number of hydrogen-bond donors (Lipinski definition) is 4. The van der Waals surface area contributed by atoms with Crippen molar-refractivity contribution in [3.63, 3.8) is 0 Å². The highest BCUT2D eigenvalue weighted by atomic mass is 28.4. The van der Waals surface area contributed by atoms with Crippen LogP contribution in [-0.2, 0) is 79.7 Å². The molecule has 0 heterocycles. The van der Waals surface area contributed by atoms with E-state index >= 15 is 0 Å². The molecule has 0 aliphatic rings. The van der Waals surface area contributed by atoms with Crippen LogP contribution in [0.25, 0.3) is 0 Å². The van der Waals surface area contributed by atoms with Crippen molar-refractivity contribution in [1.82, 2.24) is 21.3 Å². The van der Waals surface area contributed by atoms with Crippen LogP contribution in [0.3, 0.4) is 0 Å². The van der Waals surface area contributed by atoms with Crippen LogP contribution < -0.4 is 21.3 Å². The Kier molecular flexibility index (Phi) is 52.0. The van der Waals surface area contributed by atoms with Gasteiger partial charge in [0.05, 0.1) is 0 Å². The molecule has 0 amide bonds. The normalized spacial score (nSPS) is 12.8. The molecule has 71 heavy (non-hydrogen) atoms. The van der Waals surface area contributed by atoms with Crippen LogP contribution in [0.5, 0.6) is 0 Å². The van der Waals surface area contributed by atoms with Crippen molar-refractivity contribution in [2.24, 2.45) is 0 Å². The molecule has 0 aliphatic carbocycles. The lowest BCUT2D eigenvalue weighted by atomic mass is 10.4. The molecule has 432 valence electrons. The Labute approximate surface area is 439 Å². The maximum Gasteiger partial charge on any atom is 0.500 e. The molecule has 0 radical (unpaired) electrons. The van der Waals surface area contributed by atoms with Gasteiger partial charge >= 0.3 is 52.8 Å². The second-order valence-electron chi connectivity index (χ2n) is 15.4. The van der Waals surface area contributed by atoms with Crippen molar-refractivity contribution < 1.29 is 79.7 Å². The third-order valence-electron chi connectivity index (χ3n) is 11.2. The molecule has 0 atom stereocenters. The van der Waals surface area contributed by atoms with Crippen molar-refractivity contribution in [2.45, 2.75) is 116 Å². The predicted molar refractivity (Wildman–Crippen MR) is 292 cm³/mol. The summed E-state index contributed by atoms with van der Waals surface area (Å²) in [6, 6.07) is 4.88. The monoisotopic (exact) mass is 1140 g/mol. The summed E-state index contributed by atoms with van der Waals surface area (Å²) in [5.74, 6) is 0. The zero-order valence-corrected chi connectivity index (χ0v) is 54.0. The molecule has 0 bridgehead atoms. The van der Waals surface area contributed by atoms with Gasteiger partial charge in [-0.2, -0.15) is 0 Å². The molecule has 0 unspecified atom stereocenters. The highest BCUT2D eigenvalue weighted by Gasteiger charge is 2.42. The van der Waals surface area contributed by atoms with Gasteiger partial charge in [0.1, 0.15) is 0 Å². The van der Waals surface area contributed by atoms with E-state index in [9.17, 15) is 0 Å². The summed E-state index contributed by atoms with van der Waals surface area (Å²) in [6.07, 6.45) is 5.72. The fourth-order valence-electron chi connectivity index (χ4n) is 7.32. The van der Waals surface area contributed by atoms with Gasteiger partial charge in [0, 0.05) is 168 Å². The van der Waals surface area contributed by atoms with Crippen LogP contribution >= 0.6 is 0 Å². The van der Waals surface area contributed by atoms with Gasteiger partial charge in [-0.3, -0.25) is 0 Å². The molecule has 0 saturated carbocycles. The fraction of sp³-hybridized carbons (Fsp3) is 1.00. The van der Waals surface area contributed by atoms with E-state index in [1.807, 2.05) is 41.5 Å². The van der Waals surface area contributed by atoms with Gasteiger partial charge in [0.15, 0.2) is 0 Å². The highest BCUT2D eigenvalue weighted by Crippen LogP contribution is 2.21. The Bertz CT molecular complexity index is 988. The SMILES string of the molecule is CCO[Si](CCCNCCC[Si](OCC)(OCC)OCC)(OCC)OCC.CO[Si](CCCNCCC[Si](OC)(OC)OC)(OC)OC.CO[Si](CCCNCNCCC[Si](OC)(OC)OC)(OC)OC. The number of hydrogen-bond acceptors (Lipinski definition) is 22. The van der Waals surface area contributed by atoms with Crippen molar-refractivity contribution in [2.75, 3.05) is 171 Å². The first-order valence-corrected chi connectivity index (χ1v) is 37.1. The van der Waals surface area contributed by atoms with E-state index in [1.54, 1.807) is 85.3 Å². The minimum Gasteiger partial charge on any atom is -0.377 e. The molecule has 22 nitrogen and oxygen atoms in total. The molecule has 0 aromatic rings. The van der Waals surface area contributed by atoms with Crippen molar-refractivity contribution in [3.8, 4) is 0 Å². The van der Waals surface area contributed by atoms with E-state index in [-0.39, 0.29) is 0 Å². The lowest BCUT2D eigenvalue weighted by molar-refractivity contribution is 0.0705. The van der Waals surface area contributed by atoms with Gasteiger partial charge in [-0.25, -0.2) is 0 Å².